The van der Waals surface area contributed by atoms with Gasteiger partial charge < -0.3 is 10.1 Å². The maximum atomic E-state index is 11.9. The summed E-state index contributed by atoms with van der Waals surface area (Å²) in [7, 11) is 0. The van der Waals surface area contributed by atoms with E-state index in [9.17, 15) is 4.79 Å². The van der Waals surface area contributed by atoms with E-state index < -0.39 is 0 Å². The van der Waals surface area contributed by atoms with Crippen LogP contribution in [-0.4, -0.2) is 22.6 Å². The van der Waals surface area contributed by atoms with Gasteiger partial charge in [-0.3, -0.25) is 10.1 Å². The Morgan fingerprint density at radius 3 is 2.76 bits per heavy atom. The molecule has 2 N–H and O–H groups in total. The Kier molecular flexibility index (Phi) is 5.25. The lowest BCUT2D eigenvalue weighted by atomic mass is 10.1. The molecule has 3 aromatic rings. The number of fused-ring (bicyclic) bond motifs is 1. The minimum absolute atomic E-state index is 0.107. The van der Waals surface area contributed by atoms with Crippen molar-refractivity contribution in [1.82, 2.24) is 10.3 Å². The maximum absolute atomic E-state index is 11.9. The third-order valence-electron chi connectivity index (χ3n) is 3.42. The number of aryl methyl sites for hydroxylation is 2. The molecular weight excluding hydrogens is 354 g/mol. The van der Waals surface area contributed by atoms with Gasteiger partial charge in [0.25, 0.3) is 5.91 Å². The Hall–Kier alpha value is -2.51. The minimum atomic E-state index is -0.325. The largest absolute Gasteiger partial charge is 0.484 e. The standard InChI is InChI=1S/C18H17N3O2S2/c1-11-8-12(2)16-14(9-11)25-18(20-16)21-17(24)19-15(22)10-23-13-6-4-3-5-7-13/h3-9H,10H2,1-2H3,(H2,19,20,21,22,24). The maximum Gasteiger partial charge on any atom is 0.264 e. The minimum Gasteiger partial charge on any atom is -0.484 e. The molecule has 0 atom stereocenters. The summed E-state index contributed by atoms with van der Waals surface area (Å²) in [5, 5.41) is 6.41. The van der Waals surface area contributed by atoms with Crippen LogP contribution in [0.2, 0.25) is 0 Å². The summed E-state index contributed by atoms with van der Waals surface area (Å²) >= 11 is 6.67. The molecule has 7 heteroatoms. The Balaban J connectivity index is 1.57. The van der Waals surface area contributed by atoms with Crippen LogP contribution in [0.4, 0.5) is 5.13 Å². The molecule has 25 heavy (non-hydrogen) atoms. The highest BCUT2D eigenvalue weighted by molar-refractivity contribution is 7.80. The van der Waals surface area contributed by atoms with Crippen molar-refractivity contribution in [1.29, 1.82) is 0 Å². The number of hydrogen-bond donors (Lipinski definition) is 2. The number of ether oxygens (including phenoxy) is 1. The van der Waals surface area contributed by atoms with E-state index in [1.165, 1.54) is 16.9 Å². The van der Waals surface area contributed by atoms with Crippen LogP contribution in [0.5, 0.6) is 5.75 Å². The molecule has 0 aliphatic heterocycles. The molecule has 2 aromatic carbocycles. The predicted octanol–water partition coefficient (Wildman–Crippen LogP) is 3.81. The number of amides is 1. The Bertz CT molecular complexity index is 923. The Morgan fingerprint density at radius 1 is 1.24 bits per heavy atom. The SMILES string of the molecule is Cc1cc(C)c2nc(NC(=S)NC(=O)COc3ccccc3)sc2c1. The van der Waals surface area contributed by atoms with E-state index in [0.717, 1.165) is 15.8 Å². The summed E-state index contributed by atoms with van der Waals surface area (Å²) in [5.41, 5.74) is 3.25. The molecule has 128 valence electrons. The van der Waals surface area contributed by atoms with E-state index >= 15 is 0 Å². The number of hydrogen-bond acceptors (Lipinski definition) is 5. The molecule has 0 aliphatic carbocycles. The summed E-state index contributed by atoms with van der Waals surface area (Å²) < 4.78 is 6.47. The van der Waals surface area contributed by atoms with Gasteiger partial charge in [0.1, 0.15) is 5.75 Å². The summed E-state index contributed by atoms with van der Waals surface area (Å²) in [6.07, 6.45) is 0. The number of anilines is 1. The number of rotatable bonds is 4. The third-order valence-corrected chi connectivity index (χ3v) is 4.54. The lowest BCUT2D eigenvalue weighted by Crippen LogP contribution is -2.37. The number of carbonyl (C=O) groups is 1. The average Bonchev–Trinajstić information content (AvgIpc) is 2.96. The van der Waals surface area contributed by atoms with Gasteiger partial charge in [0.15, 0.2) is 16.9 Å². The summed E-state index contributed by atoms with van der Waals surface area (Å²) in [4.78, 5) is 16.4. The number of nitrogens with one attached hydrogen (secondary N) is 2. The van der Waals surface area contributed by atoms with Gasteiger partial charge in [-0.1, -0.05) is 35.6 Å². The number of para-hydroxylation sites is 1. The quantitative estimate of drug-likeness (QED) is 0.683. The molecule has 0 radical (unpaired) electrons. The second-order valence-electron chi connectivity index (χ2n) is 5.55. The van der Waals surface area contributed by atoms with E-state index in [2.05, 4.69) is 34.7 Å². The van der Waals surface area contributed by atoms with E-state index in [4.69, 9.17) is 17.0 Å². The molecule has 1 amide bonds. The molecule has 3 rings (SSSR count). The van der Waals surface area contributed by atoms with Crippen LogP contribution < -0.4 is 15.4 Å². The number of thiazole rings is 1. The second-order valence-corrected chi connectivity index (χ2v) is 6.99. The highest BCUT2D eigenvalue weighted by atomic mass is 32.1. The number of carbonyl (C=O) groups excluding carboxylic acids is 1. The molecule has 1 heterocycles. The van der Waals surface area contributed by atoms with Crippen molar-refractivity contribution in [3.05, 3.63) is 53.6 Å². The van der Waals surface area contributed by atoms with E-state index in [1.54, 1.807) is 12.1 Å². The van der Waals surface area contributed by atoms with Crippen LogP contribution in [0.15, 0.2) is 42.5 Å². The first-order valence-corrected chi connectivity index (χ1v) is 8.90. The Morgan fingerprint density at radius 2 is 2.00 bits per heavy atom. The van der Waals surface area contributed by atoms with Crippen LogP contribution in [-0.2, 0) is 4.79 Å². The topological polar surface area (TPSA) is 63.2 Å². The molecule has 0 unspecified atom stereocenters. The fraction of sp³-hybridized carbons (Fsp3) is 0.167. The Labute approximate surface area is 155 Å². The molecule has 0 bridgehead atoms. The smallest absolute Gasteiger partial charge is 0.264 e. The van der Waals surface area contributed by atoms with Gasteiger partial charge in [0, 0.05) is 0 Å². The highest BCUT2D eigenvalue weighted by Gasteiger charge is 2.10. The van der Waals surface area contributed by atoms with Gasteiger partial charge in [-0.05, 0) is 55.4 Å². The van der Waals surface area contributed by atoms with Crippen LogP contribution in [0.3, 0.4) is 0 Å². The number of aromatic nitrogens is 1. The van der Waals surface area contributed by atoms with Gasteiger partial charge in [0.05, 0.1) is 10.2 Å². The zero-order chi connectivity index (χ0) is 17.8. The van der Waals surface area contributed by atoms with Crippen LogP contribution in [0, 0.1) is 13.8 Å². The van der Waals surface area contributed by atoms with Crippen molar-refractivity contribution in [3.63, 3.8) is 0 Å². The molecule has 5 nitrogen and oxygen atoms in total. The van der Waals surface area contributed by atoms with Crippen LogP contribution >= 0.6 is 23.6 Å². The molecule has 1 aromatic heterocycles. The fourth-order valence-corrected chi connectivity index (χ4v) is 3.70. The predicted molar refractivity (Wildman–Crippen MR) is 105 cm³/mol. The highest BCUT2D eigenvalue weighted by Crippen LogP contribution is 2.29. The summed E-state index contributed by atoms with van der Waals surface area (Å²) in [6, 6.07) is 13.3. The molecule has 0 saturated heterocycles. The fourth-order valence-electron chi connectivity index (χ4n) is 2.38. The van der Waals surface area contributed by atoms with Gasteiger partial charge in [-0.15, -0.1) is 0 Å². The van der Waals surface area contributed by atoms with E-state index in [0.29, 0.717) is 10.9 Å². The zero-order valence-electron chi connectivity index (χ0n) is 13.8. The van der Waals surface area contributed by atoms with Gasteiger partial charge in [-0.2, -0.15) is 0 Å². The first kappa shape index (κ1) is 17.3. The third kappa shape index (κ3) is 4.52. The van der Waals surface area contributed by atoms with Crippen LogP contribution in [0.1, 0.15) is 11.1 Å². The first-order valence-electron chi connectivity index (χ1n) is 7.68. The summed E-state index contributed by atoms with van der Waals surface area (Å²) in [5.74, 6) is 0.308. The van der Waals surface area contributed by atoms with E-state index in [-0.39, 0.29) is 17.6 Å². The van der Waals surface area contributed by atoms with Gasteiger partial charge in [0.2, 0.25) is 0 Å². The van der Waals surface area contributed by atoms with Crippen LogP contribution in [0.25, 0.3) is 10.2 Å². The number of benzene rings is 2. The number of thiocarbonyl (C=S) groups is 1. The molecule has 0 saturated carbocycles. The first-order chi connectivity index (χ1) is 12.0. The van der Waals surface area contributed by atoms with Crippen molar-refractivity contribution in [3.8, 4) is 5.75 Å². The van der Waals surface area contributed by atoms with Crippen molar-refractivity contribution in [2.24, 2.45) is 0 Å². The molecule has 0 fully saturated rings. The molecule has 0 spiro atoms. The zero-order valence-corrected chi connectivity index (χ0v) is 15.5. The molecule has 0 aliphatic rings. The summed E-state index contributed by atoms with van der Waals surface area (Å²) in [6.45, 7) is 3.97. The van der Waals surface area contributed by atoms with Crippen molar-refractivity contribution >= 4 is 49.9 Å². The lowest BCUT2D eigenvalue weighted by Gasteiger charge is -2.08. The van der Waals surface area contributed by atoms with Crippen molar-refractivity contribution in [2.75, 3.05) is 11.9 Å². The van der Waals surface area contributed by atoms with Gasteiger partial charge in [-0.25, -0.2) is 4.98 Å². The average molecular weight is 371 g/mol. The normalized spacial score (nSPS) is 10.5. The lowest BCUT2D eigenvalue weighted by molar-refractivity contribution is -0.121. The second kappa shape index (κ2) is 7.58. The number of nitrogens with zero attached hydrogens (tertiary/aromatic N) is 1. The molecular formula is C18H17N3O2S2. The monoisotopic (exact) mass is 371 g/mol. The van der Waals surface area contributed by atoms with Crippen molar-refractivity contribution in [2.45, 2.75) is 13.8 Å². The van der Waals surface area contributed by atoms with E-state index in [1.807, 2.05) is 25.1 Å². The van der Waals surface area contributed by atoms with Gasteiger partial charge >= 0.3 is 0 Å². The van der Waals surface area contributed by atoms with Crippen molar-refractivity contribution < 1.29 is 9.53 Å².